The number of aliphatic hydroxyl groups is 1. The van der Waals surface area contributed by atoms with Gasteiger partial charge in [0.2, 0.25) is 0 Å². The second-order valence-corrected chi connectivity index (χ2v) is 4.09. The van der Waals surface area contributed by atoms with Crippen LogP contribution in [0, 0.1) is 0 Å². The third kappa shape index (κ3) is 3.01. The van der Waals surface area contributed by atoms with Gasteiger partial charge in [-0.15, -0.1) is 5.10 Å². The fourth-order valence-corrected chi connectivity index (χ4v) is 1.27. The summed E-state index contributed by atoms with van der Waals surface area (Å²) in [4.78, 5) is 10.8. The Balaban J connectivity index is 3.05. The lowest BCUT2D eigenvalue weighted by Crippen LogP contribution is -2.28. The first-order valence-electron chi connectivity index (χ1n) is 4.72. The molecule has 16 heavy (non-hydrogen) atoms. The molecule has 1 rings (SSSR count). The Morgan fingerprint density at radius 3 is 2.62 bits per heavy atom. The van der Waals surface area contributed by atoms with Crippen molar-refractivity contribution in [2.24, 2.45) is 0 Å². The van der Waals surface area contributed by atoms with E-state index in [9.17, 15) is 9.90 Å². The van der Waals surface area contributed by atoms with E-state index in [-0.39, 0.29) is 18.8 Å². The van der Waals surface area contributed by atoms with Crippen LogP contribution in [0.2, 0.25) is 0 Å². The van der Waals surface area contributed by atoms with Gasteiger partial charge in [-0.3, -0.25) is 0 Å². The van der Waals surface area contributed by atoms with E-state index in [0.29, 0.717) is 5.69 Å². The molecule has 0 saturated carbocycles. The molecule has 0 saturated heterocycles. The highest BCUT2D eigenvalue weighted by Gasteiger charge is 2.22. The van der Waals surface area contributed by atoms with Gasteiger partial charge in [0.1, 0.15) is 0 Å². The van der Waals surface area contributed by atoms with Crippen LogP contribution in [0.1, 0.15) is 30.0 Å². The normalized spacial score (nSPS) is 11.8. The molecule has 0 aliphatic rings. The molecule has 0 radical (unpaired) electrons. The number of methoxy groups -OCH3 is 1. The lowest BCUT2D eigenvalue weighted by atomic mass is 10.1. The van der Waals surface area contributed by atoms with E-state index in [4.69, 9.17) is 9.84 Å². The molecule has 0 atom stereocenters. The molecule has 1 aromatic heterocycles. The van der Waals surface area contributed by atoms with Gasteiger partial charge in [0.25, 0.3) is 0 Å². The van der Waals surface area contributed by atoms with Crippen LogP contribution in [0.3, 0.4) is 0 Å². The summed E-state index contributed by atoms with van der Waals surface area (Å²) in [5.74, 6) is -1.16. The van der Waals surface area contributed by atoms with E-state index in [1.54, 1.807) is 13.8 Å². The molecule has 0 aliphatic carbocycles. The molecule has 0 unspecified atom stereocenters. The average Bonchev–Trinajstić information content (AvgIpc) is 2.47. The summed E-state index contributed by atoms with van der Waals surface area (Å²) in [5.41, 5.74) is -0.797. The minimum absolute atomic E-state index is 0.0880. The Bertz CT molecular complexity index is 381. The lowest BCUT2D eigenvalue weighted by molar-refractivity contribution is 0.0534. The SMILES string of the molecule is COCc1c(C(=O)O)nnn1CC(C)(C)O. The molecule has 0 aromatic carbocycles. The minimum Gasteiger partial charge on any atom is -0.476 e. The zero-order valence-corrected chi connectivity index (χ0v) is 9.47. The summed E-state index contributed by atoms with van der Waals surface area (Å²) in [5, 5.41) is 25.7. The average molecular weight is 229 g/mol. The Kier molecular flexibility index (Phi) is 3.61. The topological polar surface area (TPSA) is 97.5 Å². The summed E-state index contributed by atoms with van der Waals surface area (Å²) < 4.78 is 6.23. The van der Waals surface area contributed by atoms with Crippen LogP contribution in [-0.4, -0.2) is 43.9 Å². The van der Waals surface area contributed by atoms with Crippen molar-refractivity contribution in [2.75, 3.05) is 7.11 Å². The highest BCUT2D eigenvalue weighted by atomic mass is 16.5. The van der Waals surface area contributed by atoms with Crippen LogP contribution in [0.15, 0.2) is 0 Å². The fourth-order valence-electron chi connectivity index (χ4n) is 1.27. The van der Waals surface area contributed by atoms with E-state index < -0.39 is 11.6 Å². The first-order chi connectivity index (χ1) is 7.35. The minimum atomic E-state index is -1.16. The Morgan fingerprint density at radius 2 is 2.19 bits per heavy atom. The summed E-state index contributed by atoms with van der Waals surface area (Å²) in [7, 11) is 1.45. The van der Waals surface area contributed by atoms with Crippen molar-refractivity contribution in [3.63, 3.8) is 0 Å². The van der Waals surface area contributed by atoms with Gasteiger partial charge in [0.15, 0.2) is 5.69 Å². The molecule has 1 aromatic rings. The Hall–Kier alpha value is -1.47. The Morgan fingerprint density at radius 1 is 1.56 bits per heavy atom. The van der Waals surface area contributed by atoms with Crippen molar-refractivity contribution in [2.45, 2.75) is 32.6 Å². The van der Waals surface area contributed by atoms with Crippen LogP contribution in [0.25, 0.3) is 0 Å². The highest BCUT2D eigenvalue weighted by Crippen LogP contribution is 2.11. The molecule has 0 bridgehead atoms. The Labute approximate surface area is 92.6 Å². The molecule has 0 fully saturated rings. The molecule has 0 spiro atoms. The molecular formula is C9H15N3O4. The summed E-state index contributed by atoms with van der Waals surface area (Å²) >= 11 is 0. The first-order valence-corrected chi connectivity index (χ1v) is 4.72. The molecule has 2 N–H and O–H groups in total. The molecule has 0 aliphatic heterocycles. The number of nitrogens with zero attached hydrogens (tertiary/aromatic N) is 3. The van der Waals surface area contributed by atoms with Crippen molar-refractivity contribution in [1.82, 2.24) is 15.0 Å². The van der Waals surface area contributed by atoms with E-state index in [1.165, 1.54) is 11.8 Å². The molecule has 7 nitrogen and oxygen atoms in total. The van der Waals surface area contributed by atoms with Crippen LogP contribution in [0.5, 0.6) is 0 Å². The van der Waals surface area contributed by atoms with Gasteiger partial charge in [0, 0.05) is 7.11 Å². The van der Waals surface area contributed by atoms with Crippen molar-refractivity contribution >= 4 is 5.97 Å². The number of carboxylic acid groups (broad SMARTS) is 1. The predicted molar refractivity (Wildman–Crippen MR) is 54.0 cm³/mol. The van der Waals surface area contributed by atoms with Gasteiger partial charge in [-0.2, -0.15) is 0 Å². The maximum atomic E-state index is 10.8. The van der Waals surface area contributed by atoms with Gasteiger partial charge < -0.3 is 14.9 Å². The smallest absolute Gasteiger partial charge is 0.358 e. The number of hydrogen-bond donors (Lipinski definition) is 2. The van der Waals surface area contributed by atoms with E-state index in [1.807, 2.05) is 0 Å². The third-order valence-corrected chi connectivity index (χ3v) is 1.86. The zero-order valence-electron chi connectivity index (χ0n) is 9.47. The standard InChI is InChI=1S/C9H15N3O4/c1-9(2,15)5-12-6(4-16-3)7(8(13)14)10-11-12/h15H,4-5H2,1-3H3,(H,13,14). The van der Waals surface area contributed by atoms with E-state index in [0.717, 1.165) is 0 Å². The molecule has 90 valence electrons. The number of aromatic carboxylic acids is 1. The molecule has 1 heterocycles. The molecule has 7 heteroatoms. The quantitative estimate of drug-likeness (QED) is 0.731. The number of carbonyl (C=O) groups is 1. The third-order valence-electron chi connectivity index (χ3n) is 1.86. The van der Waals surface area contributed by atoms with E-state index in [2.05, 4.69) is 10.3 Å². The van der Waals surface area contributed by atoms with Gasteiger partial charge >= 0.3 is 5.97 Å². The van der Waals surface area contributed by atoms with Crippen molar-refractivity contribution in [1.29, 1.82) is 0 Å². The first kappa shape index (κ1) is 12.6. The molecule has 0 amide bonds. The number of ether oxygens (including phenoxy) is 1. The number of rotatable bonds is 5. The van der Waals surface area contributed by atoms with Gasteiger partial charge in [-0.05, 0) is 13.8 Å². The fraction of sp³-hybridized carbons (Fsp3) is 0.667. The van der Waals surface area contributed by atoms with Crippen LogP contribution < -0.4 is 0 Å². The van der Waals surface area contributed by atoms with Crippen LogP contribution in [0.4, 0.5) is 0 Å². The highest BCUT2D eigenvalue weighted by molar-refractivity contribution is 5.86. The summed E-state index contributed by atoms with van der Waals surface area (Å²) in [6.45, 7) is 3.45. The second kappa shape index (κ2) is 4.58. The zero-order chi connectivity index (χ0) is 12.3. The van der Waals surface area contributed by atoms with Crippen molar-refractivity contribution < 1.29 is 19.7 Å². The van der Waals surface area contributed by atoms with Crippen molar-refractivity contribution in [3.05, 3.63) is 11.4 Å². The monoisotopic (exact) mass is 229 g/mol. The van der Waals surface area contributed by atoms with Crippen molar-refractivity contribution in [3.8, 4) is 0 Å². The van der Waals surface area contributed by atoms with Gasteiger partial charge in [0.05, 0.1) is 24.4 Å². The second-order valence-electron chi connectivity index (χ2n) is 4.09. The number of aromatic nitrogens is 3. The van der Waals surface area contributed by atoms with Crippen LogP contribution in [-0.2, 0) is 17.9 Å². The predicted octanol–water partition coefficient (Wildman–Crippen LogP) is -0.106. The maximum absolute atomic E-state index is 10.8. The van der Waals surface area contributed by atoms with Gasteiger partial charge in [-0.1, -0.05) is 5.21 Å². The summed E-state index contributed by atoms with van der Waals surface area (Å²) in [6, 6.07) is 0. The summed E-state index contributed by atoms with van der Waals surface area (Å²) in [6.07, 6.45) is 0. The number of hydrogen-bond acceptors (Lipinski definition) is 5. The van der Waals surface area contributed by atoms with E-state index >= 15 is 0 Å². The van der Waals surface area contributed by atoms with Crippen LogP contribution >= 0.6 is 0 Å². The number of carboxylic acids is 1. The molecular weight excluding hydrogens is 214 g/mol. The lowest BCUT2D eigenvalue weighted by Gasteiger charge is -2.17. The largest absolute Gasteiger partial charge is 0.476 e. The van der Waals surface area contributed by atoms with Gasteiger partial charge in [-0.25, -0.2) is 9.48 Å². The maximum Gasteiger partial charge on any atom is 0.358 e.